The van der Waals surface area contributed by atoms with Gasteiger partial charge in [-0.3, -0.25) is 19.7 Å². The third-order valence-corrected chi connectivity index (χ3v) is 5.44. The fourth-order valence-electron chi connectivity index (χ4n) is 3.09. The number of thiazole rings is 1. The molecule has 148 valence electrons. The molecule has 0 radical (unpaired) electrons. The molecule has 0 bridgehead atoms. The van der Waals surface area contributed by atoms with Crippen LogP contribution < -0.4 is 24.9 Å². The van der Waals surface area contributed by atoms with Crippen LogP contribution in [-0.4, -0.2) is 36.2 Å². The van der Waals surface area contributed by atoms with Crippen molar-refractivity contribution in [2.24, 2.45) is 4.99 Å². The molecule has 0 aliphatic carbocycles. The number of amides is 1. The van der Waals surface area contributed by atoms with E-state index in [0.717, 1.165) is 0 Å². The van der Waals surface area contributed by atoms with Crippen molar-refractivity contribution in [2.75, 3.05) is 25.8 Å². The van der Waals surface area contributed by atoms with Gasteiger partial charge < -0.3 is 9.47 Å². The summed E-state index contributed by atoms with van der Waals surface area (Å²) >= 11 is 7.82. The van der Waals surface area contributed by atoms with Crippen LogP contribution in [0.4, 0.5) is 5.69 Å². The smallest absolute Gasteiger partial charge is 0.275 e. The van der Waals surface area contributed by atoms with E-state index in [2.05, 4.69) is 9.98 Å². The average Bonchev–Trinajstić information content (AvgIpc) is 3.30. The van der Waals surface area contributed by atoms with Crippen LogP contribution in [0.1, 0.15) is 9.67 Å². The molecule has 1 aliphatic rings. The van der Waals surface area contributed by atoms with Gasteiger partial charge in [0, 0.05) is 23.1 Å². The average molecular weight is 429 g/mol. The first-order chi connectivity index (χ1) is 14.1. The summed E-state index contributed by atoms with van der Waals surface area (Å²) in [5.74, 6) is 1.32. The molecule has 0 saturated carbocycles. The second-order valence-corrected chi connectivity index (χ2v) is 7.35. The molecule has 3 aromatic rings. The van der Waals surface area contributed by atoms with Crippen molar-refractivity contribution in [3.8, 4) is 11.5 Å². The molecule has 0 atom stereocenters. The summed E-state index contributed by atoms with van der Waals surface area (Å²) in [7, 11) is 3.12. The number of carbonyl (C=O) groups excluding carboxylic acids is 1. The number of hydrogen-bond acceptors (Lipinski definition) is 7. The van der Waals surface area contributed by atoms with Crippen molar-refractivity contribution < 1.29 is 14.3 Å². The number of aromatic nitrogens is 1. The van der Waals surface area contributed by atoms with Gasteiger partial charge in [-0.15, -0.1) is 11.3 Å². The van der Waals surface area contributed by atoms with E-state index in [1.54, 1.807) is 43.0 Å². The number of fused-ring (bicyclic) bond motifs is 1. The number of nitrogens with zero attached hydrogens (tertiary/aromatic N) is 4. The van der Waals surface area contributed by atoms with Crippen LogP contribution >= 0.6 is 23.1 Å². The molecule has 29 heavy (non-hydrogen) atoms. The van der Waals surface area contributed by atoms with Crippen molar-refractivity contribution in [2.45, 2.75) is 0 Å². The van der Waals surface area contributed by atoms with Crippen LogP contribution in [-0.2, 0) is 0 Å². The molecule has 1 aliphatic heterocycles. The summed E-state index contributed by atoms with van der Waals surface area (Å²) in [5.41, 5.74) is 2.30. The number of halogens is 1. The van der Waals surface area contributed by atoms with Crippen molar-refractivity contribution in [3.05, 3.63) is 69.6 Å². The third kappa shape index (κ3) is 3.52. The lowest BCUT2D eigenvalue weighted by Crippen LogP contribution is -2.46. The molecule has 9 heteroatoms. The normalized spacial score (nSPS) is 12.8. The SMILES string of the molecule is COc1cc2c(cc1OC)=C(N(C(=O)c1cncs1)c1ccccc1)N(Cl)CN=2. The quantitative estimate of drug-likeness (QED) is 0.584. The van der Waals surface area contributed by atoms with Crippen molar-refractivity contribution >= 4 is 40.5 Å². The minimum atomic E-state index is -0.234. The molecule has 0 N–H and O–H groups in total. The highest BCUT2D eigenvalue weighted by molar-refractivity contribution is 7.11. The molecule has 0 spiro atoms. The van der Waals surface area contributed by atoms with Crippen LogP contribution in [0.5, 0.6) is 11.5 Å². The molecule has 2 aromatic carbocycles. The molecular formula is C20H17ClN4O3S. The van der Waals surface area contributed by atoms with Crippen molar-refractivity contribution in [1.29, 1.82) is 0 Å². The van der Waals surface area contributed by atoms with Gasteiger partial charge in [0.2, 0.25) is 0 Å². The maximum Gasteiger partial charge on any atom is 0.275 e. The number of carbonyl (C=O) groups is 1. The Morgan fingerprint density at radius 3 is 2.55 bits per heavy atom. The fraction of sp³-hybridized carbons (Fsp3) is 0.150. The molecule has 2 heterocycles. The number of anilines is 1. The van der Waals surface area contributed by atoms with Gasteiger partial charge in [0.25, 0.3) is 5.91 Å². The zero-order valence-electron chi connectivity index (χ0n) is 15.7. The summed E-state index contributed by atoms with van der Waals surface area (Å²) < 4.78 is 12.3. The molecular weight excluding hydrogens is 412 g/mol. The Hall–Kier alpha value is -3.10. The monoisotopic (exact) mass is 428 g/mol. The molecule has 0 unspecified atom stereocenters. The number of para-hydroxylation sites is 1. The second kappa shape index (κ2) is 8.10. The Labute approximate surface area is 176 Å². The molecule has 7 nitrogen and oxygen atoms in total. The summed E-state index contributed by atoms with van der Waals surface area (Å²) in [6.07, 6.45) is 1.55. The van der Waals surface area contributed by atoms with Gasteiger partial charge in [-0.25, -0.2) is 4.42 Å². The Morgan fingerprint density at radius 2 is 1.90 bits per heavy atom. The van der Waals surface area contributed by atoms with Crippen LogP contribution in [0.3, 0.4) is 0 Å². The van der Waals surface area contributed by atoms with Gasteiger partial charge in [0.05, 0.1) is 37.0 Å². The fourth-order valence-corrected chi connectivity index (χ4v) is 3.86. The van der Waals surface area contributed by atoms with E-state index >= 15 is 0 Å². The number of benzene rings is 2. The topological polar surface area (TPSA) is 67.3 Å². The van der Waals surface area contributed by atoms with Crippen molar-refractivity contribution in [1.82, 2.24) is 9.40 Å². The zero-order chi connectivity index (χ0) is 20.4. The Morgan fingerprint density at radius 1 is 1.17 bits per heavy atom. The van der Waals surface area contributed by atoms with Crippen LogP contribution in [0.15, 0.2) is 59.2 Å². The van der Waals surface area contributed by atoms with Crippen LogP contribution in [0.25, 0.3) is 5.82 Å². The van der Waals surface area contributed by atoms with Gasteiger partial charge in [-0.1, -0.05) is 18.2 Å². The van der Waals surface area contributed by atoms with E-state index < -0.39 is 0 Å². The first-order valence-corrected chi connectivity index (χ1v) is 9.88. The van der Waals surface area contributed by atoms with E-state index in [4.69, 9.17) is 21.3 Å². The van der Waals surface area contributed by atoms with E-state index in [-0.39, 0.29) is 12.6 Å². The van der Waals surface area contributed by atoms with Crippen LogP contribution in [0, 0.1) is 0 Å². The number of hydrogen-bond donors (Lipinski definition) is 0. The molecule has 0 fully saturated rings. The van der Waals surface area contributed by atoms with Gasteiger partial charge in [0.15, 0.2) is 11.5 Å². The number of rotatable bonds is 5. The summed E-state index contributed by atoms with van der Waals surface area (Å²) in [4.78, 5) is 24.0. The number of ether oxygens (including phenoxy) is 2. The largest absolute Gasteiger partial charge is 0.493 e. The lowest BCUT2D eigenvalue weighted by molar-refractivity contribution is 0.100. The maximum atomic E-state index is 13.4. The highest BCUT2D eigenvalue weighted by Gasteiger charge is 2.29. The Kier molecular flexibility index (Phi) is 5.37. The zero-order valence-corrected chi connectivity index (χ0v) is 17.3. The highest BCUT2D eigenvalue weighted by atomic mass is 35.5. The van der Waals surface area contributed by atoms with Crippen molar-refractivity contribution in [3.63, 3.8) is 0 Å². The van der Waals surface area contributed by atoms with Gasteiger partial charge >= 0.3 is 0 Å². The predicted octanol–water partition coefficient (Wildman–Crippen LogP) is 2.62. The molecule has 4 rings (SSSR count). The molecule has 1 aromatic heterocycles. The summed E-state index contributed by atoms with van der Waals surface area (Å²) in [5, 5.41) is 1.32. The first kappa shape index (κ1) is 19.2. The highest BCUT2D eigenvalue weighted by Crippen LogP contribution is 2.28. The molecule has 0 saturated heterocycles. The van der Waals surface area contributed by atoms with E-state index in [1.807, 2.05) is 30.3 Å². The predicted molar refractivity (Wildman–Crippen MR) is 112 cm³/mol. The minimum Gasteiger partial charge on any atom is -0.493 e. The third-order valence-electron chi connectivity index (χ3n) is 4.41. The lowest BCUT2D eigenvalue weighted by atomic mass is 10.2. The van der Waals surface area contributed by atoms with Gasteiger partial charge in [-0.05, 0) is 18.2 Å². The standard InChI is InChI=1S/C20H17ClN4O3S/c1-27-16-8-14-15(9-17(16)28-2)23-11-24(21)19(14)25(13-6-4-3-5-7-13)20(26)18-10-22-12-29-18/h3-10,12H,11H2,1-2H3. The first-order valence-electron chi connectivity index (χ1n) is 8.66. The number of methoxy groups -OCH3 is 2. The maximum absolute atomic E-state index is 13.4. The molecule has 1 amide bonds. The lowest BCUT2D eigenvalue weighted by Gasteiger charge is -2.31. The van der Waals surface area contributed by atoms with E-state index in [0.29, 0.717) is 38.5 Å². The van der Waals surface area contributed by atoms with E-state index in [1.165, 1.54) is 15.8 Å². The van der Waals surface area contributed by atoms with E-state index in [9.17, 15) is 4.79 Å². The summed E-state index contributed by atoms with van der Waals surface area (Å²) in [6.45, 7) is 0.179. The van der Waals surface area contributed by atoms with Gasteiger partial charge in [-0.2, -0.15) is 0 Å². The van der Waals surface area contributed by atoms with Gasteiger partial charge in [0.1, 0.15) is 17.4 Å². The summed E-state index contributed by atoms with van der Waals surface area (Å²) in [6, 6.07) is 12.9. The second-order valence-electron chi connectivity index (χ2n) is 6.05. The Balaban J connectivity index is 2.02. The minimum absolute atomic E-state index is 0.179. The Bertz CT molecular complexity index is 1150. The van der Waals surface area contributed by atoms with Crippen LogP contribution in [0.2, 0.25) is 0 Å².